The number of aliphatic carboxylic acids is 1. The summed E-state index contributed by atoms with van der Waals surface area (Å²) in [5, 5.41) is 16.9. The van der Waals surface area contributed by atoms with Crippen LogP contribution in [-0.2, 0) is 14.4 Å². The van der Waals surface area contributed by atoms with Gasteiger partial charge in [0.05, 0.1) is 6.04 Å². The van der Waals surface area contributed by atoms with Crippen LogP contribution in [0.4, 0.5) is 0 Å². The molecule has 1 heterocycles. The van der Waals surface area contributed by atoms with Crippen molar-refractivity contribution in [2.24, 2.45) is 5.73 Å². The molecule has 30 heavy (non-hydrogen) atoms. The van der Waals surface area contributed by atoms with Crippen LogP contribution in [0, 0.1) is 5.41 Å². The van der Waals surface area contributed by atoms with Gasteiger partial charge >= 0.3 is 5.97 Å². The number of nitrogens with one attached hydrogen (secondary N) is 1. The van der Waals surface area contributed by atoms with E-state index in [4.69, 9.17) is 21.0 Å². The third-order valence-corrected chi connectivity index (χ3v) is 5.19. The van der Waals surface area contributed by atoms with Crippen LogP contribution < -0.4 is 10.5 Å². The zero-order valence-electron chi connectivity index (χ0n) is 16.5. The number of ether oxygens (including phenoxy) is 1. The van der Waals surface area contributed by atoms with Gasteiger partial charge in [-0.25, -0.2) is 4.79 Å². The molecule has 1 fully saturated rings. The molecule has 3 rings (SSSR count). The molecule has 156 valence electrons. The van der Waals surface area contributed by atoms with Gasteiger partial charge < -0.3 is 20.5 Å². The first-order valence-corrected chi connectivity index (χ1v) is 9.52. The topological polar surface area (TPSA) is 134 Å². The summed E-state index contributed by atoms with van der Waals surface area (Å²) in [5.74, 6) is -2.53. The number of benzene rings is 2. The second-order valence-corrected chi connectivity index (χ2v) is 7.14. The minimum Gasteiger partial charge on any atom is -0.491 e. The number of carboxylic acid groups (broad SMARTS) is 1. The van der Waals surface area contributed by atoms with Crippen molar-refractivity contribution in [1.82, 2.24) is 4.90 Å². The predicted octanol–water partition coefficient (Wildman–Crippen LogP) is 2.05. The molecule has 2 atom stereocenters. The van der Waals surface area contributed by atoms with Crippen LogP contribution in [0.25, 0.3) is 11.1 Å². The lowest BCUT2D eigenvalue weighted by Gasteiger charge is -2.27. The van der Waals surface area contributed by atoms with E-state index >= 15 is 0 Å². The van der Waals surface area contributed by atoms with Gasteiger partial charge in [-0.15, -0.1) is 0 Å². The Hall–Kier alpha value is -3.68. The lowest BCUT2D eigenvalue weighted by Crippen LogP contribution is -2.47. The fraction of sp³-hybridized carbons (Fsp3) is 0.273. The van der Waals surface area contributed by atoms with Gasteiger partial charge in [-0.3, -0.25) is 15.0 Å². The Balaban J connectivity index is 1.78. The van der Waals surface area contributed by atoms with E-state index < -0.39 is 23.8 Å². The van der Waals surface area contributed by atoms with E-state index in [0.29, 0.717) is 17.7 Å². The Morgan fingerprint density at radius 3 is 2.47 bits per heavy atom. The smallest absolute Gasteiger partial charge is 0.374 e. The lowest BCUT2D eigenvalue weighted by atomic mass is 9.99. The summed E-state index contributed by atoms with van der Waals surface area (Å²) in [7, 11) is 0. The van der Waals surface area contributed by atoms with Crippen LogP contribution in [0.3, 0.4) is 0 Å². The van der Waals surface area contributed by atoms with E-state index in [-0.39, 0.29) is 24.8 Å². The Morgan fingerprint density at radius 1 is 1.17 bits per heavy atom. The van der Waals surface area contributed by atoms with Crippen molar-refractivity contribution in [2.75, 3.05) is 6.61 Å². The SMILES string of the molecule is CC(=O)N1[C@H](COc2ccc(-c3ccccc3)c(C(=N)N)c2)CC[C@H]1C(=O)C(=O)O. The fourth-order valence-corrected chi connectivity index (χ4v) is 3.82. The van der Waals surface area contributed by atoms with Crippen LogP contribution in [0.2, 0.25) is 0 Å². The second kappa shape index (κ2) is 8.77. The summed E-state index contributed by atoms with van der Waals surface area (Å²) in [6, 6.07) is 13.4. The van der Waals surface area contributed by atoms with Crippen LogP contribution in [-0.4, -0.2) is 52.2 Å². The highest BCUT2D eigenvalue weighted by Crippen LogP contribution is 2.29. The standard InChI is InChI=1S/C22H23N3O5/c1-13(26)25-15(7-10-19(25)20(27)22(28)29)12-30-16-8-9-17(18(11-16)21(23)24)14-5-3-2-4-6-14/h2-6,8-9,11,15,19H,7,10,12H2,1H3,(H3,23,24)(H,28,29)/t15-,19-/m0/s1. The van der Waals surface area contributed by atoms with Gasteiger partial charge in [0.25, 0.3) is 5.78 Å². The third kappa shape index (κ3) is 4.32. The number of hydrogen-bond acceptors (Lipinski definition) is 5. The van der Waals surface area contributed by atoms with Crippen LogP contribution >= 0.6 is 0 Å². The maximum Gasteiger partial charge on any atom is 0.374 e. The zero-order valence-corrected chi connectivity index (χ0v) is 16.5. The molecule has 8 heteroatoms. The Labute approximate surface area is 173 Å². The van der Waals surface area contributed by atoms with Gasteiger partial charge in [0, 0.05) is 12.5 Å². The molecule has 4 N–H and O–H groups in total. The first kappa shape index (κ1) is 21.0. The number of carboxylic acids is 1. The van der Waals surface area contributed by atoms with Gasteiger partial charge in [0.15, 0.2) is 0 Å². The van der Waals surface area contributed by atoms with Crippen LogP contribution in [0.5, 0.6) is 5.75 Å². The Kier molecular flexibility index (Phi) is 6.15. The average molecular weight is 409 g/mol. The number of carbonyl (C=O) groups excluding carboxylic acids is 2. The first-order chi connectivity index (χ1) is 14.3. The number of amides is 1. The summed E-state index contributed by atoms with van der Waals surface area (Å²) in [6.07, 6.45) is 0.745. The molecule has 0 saturated carbocycles. The minimum atomic E-state index is -1.55. The monoisotopic (exact) mass is 409 g/mol. The summed E-state index contributed by atoms with van der Waals surface area (Å²) in [6.45, 7) is 1.41. The average Bonchev–Trinajstić information content (AvgIpc) is 3.16. The maximum atomic E-state index is 12.0. The van der Waals surface area contributed by atoms with E-state index in [2.05, 4.69) is 0 Å². The van der Waals surface area contributed by atoms with Crippen molar-refractivity contribution in [3.05, 3.63) is 54.1 Å². The second-order valence-electron chi connectivity index (χ2n) is 7.14. The van der Waals surface area contributed by atoms with Gasteiger partial charge in [0.2, 0.25) is 5.91 Å². The molecule has 0 aliphatic carbocycles. The van der Waals surface area contributed by atoms with Crippen molar-refractivity contribution >= 4 is 23.5 Å². The van der Waals surface area contributed by atoms with E-state index in [0.717, 1.165) is 11.1 Å². The summed E-state index contributed by atoms with van der Waals surface area (Å²) in [4.78, 5) is 36.3. The Morgan fingerprint density at radius 2 is 1.87 bits per heavy atom. The van der Waals surface area contributed by atoms with Crippen molar-refractivity contribution in [3.63, 3.8) is 0 Å². The van der Waals surface area contributed by atoms with Crippen molar-refractivity contribution in [1.29, 1.82) is 5.41 Å². The number of ketones is 1. The number of carbonyl (C=O) groups is 3. The molecule has 8 nitrogen and oxygen atoms in total. The van der Waals surface area contributed by atoms with E-state index in [1.165, 1.54) is 11.8 Å². The highest BCUT2D eigenvalue weighted by atomic mass is 16.5. The number of rotatable bonds is 7. The molecule has 1 aliphatic heterocycles. The van der Waals surface area contributed by atoms with Crippen molar-refractivity contribution in [3.8, 4) is 16.9 Å². The van der Waals surface area contributed by atoms with Crippen LogP contribution in [0.1, 0.15) is 25.3 Å². The van der Waals surface area contributed by atoms with Gasteiger partial charge in [-0.2, -0.15) is 0 Å². The van der Waals surface area contributed by atoms with E-state index in [1.807, 2.05) is 36.4 Å². The van der Waals surface area contributed by atoms with Gasteiger partial charge in [-0.1, -0.05) is 30.3 Å². The molecule has 1 aliphatic rings. The molecule has 0 unspecified atom stereocenters. The zero-order chi connectivity index (χ0) is 21.8. The number of nitrogens with zero attached hydrogens (tertiary/aromatic N) is 1. The summed E-state index contributed by atoms with van der Waals surface area (Å²) >= 11 is 0. The van der Waals surface area contributed by atoms with E-state index in [9.17, 15) is 14.4 Å². The van der Waals surface area contributed by atoms with E-state index in [1.54, 1.807) is 12.1 Å². The number of nitrogens with two attached hydrogens (primary N) is 1. The number of amidine groups is 1. The quantitative estimate of drug-likeness (QED) is 0.364. The molecule has 0 spiro atoms. The highest BCUT2D eigenvalue weighted by molar-refractivity contribution is 6.35. The molecular formula is C22H23N3O5. The number of hydrogen-bond donors (Lipinski definition) is 3. The summed E-state index contributed by atoms with van der Waals surface area (Å²) in [5.41, 5.74) is 8.00. The van der Waals surface area contributed by atoms with Crippen molar-refractivity contribution in [2.45, 2.75) is 31.8 Å². The maximum absolute atomic E-state index is 12.0. The van der Waals surface area contributed by atoms with Gasteiger partial charge in [-0.05, 0) is 42.2 Å². The largest absolute Gasteiger partial charge is 0.491 e. The van der Waals surface area contributed by atoms with Crippen molar-refractivity contribution < 1.29 is 24.2 Å². The molecule has 1 saturated heterocycles. The normalized spacial score (nSPS) is 18.1. The summed E-state index contributed by atoms with van der Waals surface area (Å²) < 4.78 is 5.84. The predicted molar refractivity (Wildman–Crippen MR) is 110 cm³/mol. The fourth-order valence-electron chi connectivity index (χ4n) is 3.82. The number of Topliss-reactive ketones (excluding diaryl/α,β-unsaturated/α-hetero) is 1. The first-order valence-electron chi connectivity index (χ1n) is 9.52. The molecule has 0 bridgehead atoms. The lowest BCUT2D eigenvalue weighted by molar-refractivity contribution is -0.153. The third-order valence-electron chi connectivity index (χ3n) is 5.19. The molecule has 2 aromatic carbocycles. The van der Waals surface area contributed by atoms with Gasteiger partial charge in [0.1, 0.15) is 24.2 Å². The van der Waals surface area contributed by atoms with Crippen LogP contribution in [0.15, 0.2) is 48.5 Å². The molecule has 0 aromatic heterocycles. The molecule has 2 aromatic rings. The minimum absolute atomic E-state index is 0.0994. The Bertz CT molecular complexity index is 990. The number of nitrogen functional groups attached to an aromatic ring is 1. The molecule has 0 radical (unpaired) electrons. The molecule has 1 amide bonds. The highest BCUT2D eigenvalue weighted by Gasteiger charge is 2.42. The molecular weight excluding hydrogens is 386 g/mol. The number of likely N-dealkylation sites (tertiary alicyclic amines) is 1.